The first-order valence-electron chi connectivity index (χ1n) is 5.71. The number of amides is 2. The molecule has 6 nitrogen and oxygen atoms in total. The fourth-order valence-corrected chi connectivity index (χ4v) is 2.97. The van der Waals surface area contributed by atoms with Gasteiger partial charge < -0.3 is 10.4 Å². The average molecular weight is 359 g/mol. The largest absolute Gasteiger partial charge is 0.478 e. The number of anilines is 1. The number of carboxylic acid groups (broad SMARTS) is 1. The van der Waals surface area contributed by atoms with Crippen LogP contribution in [0.15, 0.2) is 24.3 Å². The Labute approximate surface area is 127 Å². The number of alkyl halides is 1. The van der Waals surface area contributed by atoms with E-state index < -0.39 is 11.3 Å². The molecule has 20 heavy (non-hydrogen) atoms. The molecule has 0 saturated carbocycles. The number of hydrogen-bond acceptors (Lipinski definition) is 5. The molecular weight excluding hydrogens is 348 g/mol. The number of imide groups is 1. The van der Waals surface area contributed by atoms with Gasteiger partial charge in [0, 0.05) is 17.6 Å². The van der Waals surface area contributed by atoms with E-state index in [9.17, 15) is 14.4 Å². The van der Waals surface area contributed by atoms with Crippen LogP contribution in [0.5, 0.6) is 0 Å². The Hall–Kier alpha value is -1.54. The molecule has 106 valence electrons. The van der Waals surface area contributed by atoms with E-state index in [1.165, 1.54) is 17.0 Å². The molecule has 0 spiro atoms. The minimum Gasteiger partial charge on any atom is -0.478 e. The summed E-state index contributed by atoms with van der Waals surface area (Å²) in [7, 11) is 0. The van der Waals surface area contributed by atoms with Crippen molar-refractivity contribution in [1.29, 1.82) is 0 Å². The van der Waals surface area contributed by atoms with Crippen LogP contribution in [0.25, 0.3) is 0 Å². The van der Waals surface area contributed by atoms with Crippen molar-refractivity contribution in [1.82, 2.24) is 4.90 Å². The van der Waals surface area contributed by atoms with Crippen molar-refractivity contribution in [3.05, 3.63) is 29.8 Å². The monoisotopic (exact) mass is 358 g/mol. The van der Waals surface area contributed by atoms with Gasteiger partial charge in [0.25, 0.3) is 11.1 Å². The Balaban J connectivity index is 2.05. The number of nitrogens with zero attached hydrogens (tertiary/aromatic N) is 1. The first-order chi connectivity index (χ1) is 9.52. The van der Waals surface area contributed by atoms with Gasteiger partial charge in [0.15, 0.2) is 5.37 Å². The lowest BCUT2D eigenvalue weighted by atomic mass is 10.2. The van der Waals surface area contributed by atoms with Crippen molar-refractivity contribution in [2.45, 2.75) is 5.37 Å². The van der Waals surface area contributed by atoms with Crippen molar-refractivity contribution >= 4 is 50.5 Å². The highest BCUT2D eigenvalue weighted by molar-refractivity contribution is 9.09. The van der Waals surface area contributed by atoms with Gasteiger partial charge in [-0.2, -0.15) is 0 Å². The second kappa shape index (κ2) is 6.27. The molecule has 2 N–H and O–H groups in total. The number of nitrogens with one attached hydrogen (secondary N) is 1. The van der Waals surface area contributed by atoms with Crippen molar-refractivity contribution in [2.75, 3.05) is 17.2 Å². The molecule has 1 aromatic carbocycles. The molecule has 0 aromatic heterocycles. The second-order valence-corrected chi connectivity index (χ2v) is 5.82. The smallest absolute Gasteiger partial charge is 0.335 e. The van der Waals surface area contributed by atoms with E-state index in [1.54, 1.807) is 12.1 Å². The maximum absolute atomic E-state index is 12.0. The summed E-state index contributed by atoms with van der Waals surface area (Å²) in [5, 5.41) is 11.3. The van der Waals surface area contributed by atoms with E-state index in [-0.39, 0.29) is 16.7 Å². The maximum Gasteiger partial charge on any atom is 0.335 e. The normalized spacial score (nSPS) is 18.4. The fraction of sp³-hybridized carbons (Fsp3) is 0.250. The number of carbonyl (C=O) groups is 3. The van der Waals surface area contributed by atoms with Gasteiger partial charge in [-0.25, -0.2) is 4.79 Å². The van der Waals surface area contributed by atoms with Crippen LogP contribution in [-0.4, -0.2) is 44.4 Å². The predicted molar refractivity (Wildman–Crippen MR) is 79.3 cm³/mol. The molecule has 1 aliphatic rings. The molecule has 0 radical (unpaired) electrons. The van der Waals surface area contributed by atoms with Gasteiger partial charge in [-0.1, -0.05) is 15.9 Å². The number of rotatable bonds is 5. The van der Waals surface area contributed by atoms with Crippen LogP contribution in [0.4, 0.5) is 10.5 Å². The molecule has 1 aliphatic heterocycles. The summed E-state index contributed by atoms with van der Waals surface area (Å²) in [4.78, 5) is 35.6. The summed E-state index contributed by atoms with van der Waals surface area (Å²) in [6.45, 7) is 0.334. The van der Waals surface area contributed by atoms with Gasteiger partial charge in [0.05, 0.1) is 5.56 Å². The van der Waals surface area contributed by atoms with E-state index in [1.807, 2.05) is 0 Å². The lowest BCUT2D eigenvalue weighted by molar-refractivity contribution is -0.125. The SMILES string of the molecule is O=C(O)c1ccc(N[C@H]2SC(=O)N(CCBr)C2=O)cc1. The quantitative estimate of drug-likeness (QED) is 0.784. The van der Waals surface area contributed by atoms with Gasteiger partial charge in [-0.05, 0) is 36.0 Å². The molecule has 1 heterocycles. The lowest BCUT2D eigenvalue weighted by Gasteiger charge is -2.13. The highest BCUT2D eigenvalue weighted by Crippen LogP contribution is 2.28. The molecule has 0 bridgehead atoms. The average Bonchev–Trinajstić information content (AvgIpc) is 2.67. The Morgan fingerprint density at radius 2 is 2.00 bits per heavy atom. The molecule has 1 saturated heterocycles. The van der Waals surface area contributed by atoms with Crippen molar-refractivity contribution in [2.24, 2.45) is 0 Å². The zero-order valence-corrected chi connectivity index (χ0v) is 12.6. The van der Waals surface area contributed by atoms with E-state index >= 15 is 0 Å². The Morgan fingerprint density at radius 3 is 2.55 bits per heavy atom. The molecule has 8 heteroatoms. The fourth-order valence-electron chi connectivity index (χ4n) is 1.68. The van der Waals surface area contributed by atoms with E-state index in [0.29, 0.717) is 17.6 Å². The van der Waals surface area contributed by atoms with Gasteiger partial charge in [-0.3, -0.25) is 14.5 Å². The standard InChI is InChI=1S/C12H11BrN2O4S/c13-5-6-15-10(16)9(20-12(15)19)14-8-3-1-7(2-4-8)11(17)18/h1-4,9,14H,5-6H2,(H,17,18)/t9-/m0/s1. The third-order valence-corrected chi connectivity index (χ3v) is 4.00. The van der Waals surface area contributed by atoms with Crippen LogP contribution in [0.1, 0.15) is 10.4 Å². The van der Waals surface area contributed by atoms with Crippen molar-refractivity contribution in [3.8, 4) is 0 Å². The lowest BCUT2D eigenvalue weighted by Crippen LogP contribution is -2.35. The highest BCUT2D eigenvalue weighted by Gasteiger charge is 2.39. The number of benzene rings is 1. The maximum atomic E-state index is 12.0. The minimum absolute atomic E-state index is 0.165. The molecule has 1 fully saturated rings. The van der Waals surface area contributed by atoms with Crippen LogP contribution in [0.3, 0.4) is 0 Å². The highest BCUT2D eigenvalue weighted by atomic mass is 79.9. The zero-order chi connectivity index (χ0) is 14.7. The van der Waals surface area contributed by atoms with Crippen molar-refractivity contribution < 1.29 is 19.5 Å². The predicted octanol–water partition coefficient (Wildman–Crippen LogP) is 2.21. The van der Waals surface area contributed by atoms with E-state index in [0.717, 1.165) is 11.8 Å². The van der Waals surface area contributed by atoms with Gasteiger partial charge >= 0.3 is 5.97 Å². The third kappa shape index (κ3) is 3.13. The molecular formula is C12H11BrN2O4S. The van der Waals surface area contributed by atoms with E-state index in [4.69, 9.17) is 5.11 Å². The Bertz CT molecular complexity index is 549. The van der Waals surface area contributed by atoms with Gasteiger partial charge in [-0.15, -0.1) is 0 Å². The molecule has 0 aliphatic carbocycles. The number of hydrogen-bond donors (Lipinski definition) is 2. The summed E-state index contributed by atoms with van der Waals surface area (Å²) >= 11 is 4.11. The van der Waals surface area contributed by atoms with Crippen LogP contribution in [0, 0.1) is 0 Å². The van der Waals surface area contributed by atoms with Crippen molar-refractivity contribution in [3.63, 3.8) is 0 Å². The van der Waals surface area contributed by atoms with Crippen LogP contribution in [0.2, 0.25) is 0 Å². The summed E-state index contributed by atoms with van der Waals surface area (Å²) in [5.41, 5.74) is 0.757. The number of thioether (sulfide) groups is 1. The van der Waals surface area contributed by atoms with Crippen LogP contribution >= 0.6 is 27.7 Å². The molecule has 2 amide bonds. The van der Waals surface area contributed by atoms with Crippen LogP contribution < -0.4 is 5.32 Å². The molecule has 1 aromatic rings. The first kappa shape index (κ1) is 14.9. The topological polar surface area (TPSA) is 86.7 Å². The molecule has 0 unspecified atom stereocenters. The third-order valence-electron chi connectivity index (χ3n) is 2.67. The minimum atomic E-state index is -1.01. The number of aromatic carboxylic acids is 1. The summed E-state index contributed by atoms with van der Waals surface area (Å²) in [6.07, 6.45) is 0. The zero-order valence-electron chi connectivity index (χ0n) is 10.2. The molecule has 2 rings (SSSR count). The van der Waals surface area contributed by atoms with Crippen LogP contribution in [-0.2, 0) is 4.79 Å². The number of halogens is 1. The Kier molecular flexibility index (Phi) is 4.66. The summed E-state index contributed by atoms with van der Waals surface area (Å²) in [6, 6.07) is 6.00. The summed E-state index contributed by atoms with van der Waals surface area (Å²) < 4.78 is 0. The number of carboxylic acids is 1. The Morgan fingerprint density at radius 1 is 1.35 bits per heavy atom. The molecule has 1 atom stereocenters. The van der Waals surface area contributed by atoms with Gasteiger partial charge in [0.1, 0.15) is 0 Å². The number of carbonyl (C=O) groups excluding carboxylic acids is 2. The summed E-state index contributed by atoms with van der Waals surface area (Å²) in [5.74, 6) is -1.30. The van der Waals surface area contributed by atoms with Gasteiger partial charge in [0.2, 0.25) is 0 Å². The second-order valence-electron chi connectivity index (χ2n) is 3.97. The first-order valence-corrected chi connectivity index (χ1v) is 7.71. The van der Waals surface area contributed by atoms with E-state index in [2.05, 4.69) is 21.2 Å².